The third kappa shape index (κ3) is 4.52. The number of benzene rings is 1. The zero-order valence-corrected chi connectivity index (χ0v) is 16.3. The number of likely N-dealkylation sites (N-methyl/N-ethyl adjacent to an activating group) is 1. The van der Waals surface area contributed by atoms with Crippen molar-refractivity contribution < 1.29 is 0 Å². The first-order valence-electron chi connectivity index (χ1n) is 8.72. The van der Waals surface area contributed by atoms with Gasteiger partial charge in [0.2, 0.25) is 0 Å². The largest absolute Gasteiger partial charge is 0.352 e. The van der Waals surface area contributed by atoms with Crippen molar-refractivity contribution in [2.75, 3.05) is 20.6 Å². The van der Waals surface area contributed by atoms with Gasteiger partial charge in [0, 0.05) is 38.3 Å². The second-order valence-corrected chi connectivity index (χ2v) is 7.21. The lowest BCUT2D eigenvalue weighted by Gasteiger charge is -2.22. The number of aliphatic imine (C=N–C) groups is 1. The van der Waals surface area contributed by atoms with Gasteiger partial charge in [0.15, 0.2) is 5.96 Å². The number of nitrogens with one attached hydrogen (secondary N) is 1. The fourth-order valence-electron chi connectivity index (χ4n) is 2.83. The number of aromatic nitrogens is 2. The van der Waals surface area contributed by atoms with Crippen molar-refractivity contribution in [2.45, 2.75) is 19.9 Å². The van der Waals surface area contributed by atoms with Crippen molar-refractivity contribution in [2.24, 2.45) is 4.99 Å². The van der Waals surface area contributed by atoms with Gasteiger partial charge >= 0.3 is 0 Å². The van der Waals surface area contributed by atoms with Crippen LogP contribution < -0.4 is 5.32 Å². The molecule has 1 aromatic carbocycles. The topological polar surface area (TPSA) is 45.5 Å². The van der Waals surface area contributed by atoms with Gasteiger partial charge in [0.1, 0.15) is 0 Å². The Balaban J connectivity index is 1.64. The van der Waals surface area contributed by atoms with Crippen LogP contribution >= 0.6 is 11.3 Å². The van der Waals surface area contributed by atoms with E-state index in [1.54, 1.807) is 11.3 Å². The van der Waals surface area contributed by atoms with Crippen LogP contribution in [-0.2, 0) is 13.0 Å². The molecule has 2 aromatic heterocycles. The van der Waals surface area contributed by atoms with E-state index in [1.807, 2.05) is 37.0 Å². The van der Waals surface area contributed by atoms with E-state index in [-0.39, 0.29) is 0 Å². The minimum Gasteiger partial charge on any atom is -0.352 e. The van der Waals surface area contributed by atoms with E-state index in [2.05, 4.69) is 63.1 Å². The zero-order chi connectivity index (χ0) is 18.4. The number of nitrogens with zero attached hydrogens (tertiary/aromatic N) is 4. The van der Waals surface area contributed by atoms with Gasteiger partial charge in [-0.1, -0.05) is 24.3 Å². The first-order valence-corrected chi connectivity index (χ1v) is 9.60. The highest BCUT2D eigenvalue weighted by Gasteiger charge is 2.09. The molecule has 0 spiro atoms. The molecule has 0 saturated heterocycles. The average Bonchev–Trinajstić information content (AvgIpc) is 3.32. The molecule has 6 heteroatoms. The number of rotatable bonds is 6. The van der Waals surface area contributed by atoms with Crippen molar-refractivity contribution in [1.82, 2.24) is 20.0 Å². The van der Waals surface area contributed by atoms with E-state index in [1.165, 1.54) is 10.4 Å². The molecule has 5 nitrogen and oxygen atoms in total. The van der Waals surface area contributed by atoms with Crippen LogP contribution in [0, 0.1) is 6.92 Å². The predicted octanol–water partition coefficient (Wildman–Crippen LogP) is 3.49. The minimum absolute atomic E-state index is 0.700. The second kappa shape index (κ2) is 8.67. The molecule has 3 aromatic rings. The van der Waals surface area contributed by atoms with Crippen LogP contribution in [0.4, 0.5) is 0 Å². The Morgan fingerprint density at radius 1 is 1.23 bits per heavy atom. The number of thiophene rings is 1. The Morgan fingerprint density at radius 2 is 2.08 bits per heavy atom. The molecule has 136 valence electrons. The highest BCUT2D eigenvalue weighted by molar-refractivity contribution is 7.09. The molecule has 0 saturated carbocycles. The van der Waals surface area contributed by atoms with E-state index in [4.69, 9.17) is 0 Å². The van der Waals surface area contributed by atoms with Gasteiger partial charge in [-0.3, -0.25) is 4.99 Å². The maximum Gasteiger partial charge on any atom is 0.193 e. The first-order chi connectivity index (χ1) is 12.7. The smallest absolute Gasteiger partial charge is 0.193 e. The first kappa shape index (κ1) is 18.2. The molecule has 2 heterocycles. The molecule has 0 aliphatic rings. The maximum atomic E-state index is 4.53. The standard InChI is InChI=1S/C20H25N5S/c1-16-10-13-25(23-16)19-9-5-4-7-17(19)15-22-20(21-2)24(3)12-11-18-8-6-14-26-18/h4-10,13-14H,11-12,15H2,1-3H3,(H,21,22). The average molecular weight is 368 g/mol. The normalized spacial score (nSPS) is 11.6. The van der Waals surface area contributed by atoms with Crippen molar-refractivity contribution in [1.29, 1.82) is 0 Å². The summed E-state index contributed by atoms with van der Waals surface area (Å²) >= 11 is 1.80. The van der Waals surface area contributed by atoms with Crippen LogP contribution in [0.5, 0.6) is 0 Å². The summed E-state index contributed by atoms with van der Waals surface area (Å²) < 4.78 is 1.93. The van der Waals surface area contributed by atoms with Crippen molar-refractivity contribution in [3.8, 4) is 5.69 Å². The summed E-state index contributed by atoms with van der Waals surface area (Å²) in [6.45, 7) is 3.63. The lowest BCUT2D eigenvalue weighted by atomic mass is 10.2. The Bertz CT molecular complexity index is 851. The highest BCUT2D eigenvalue weighted by Crippen LogP contribution is 2.14. The van der Waals surface area contributed by atoms with E-state index < -0.39 is 0 Å². The molecule has 0 fully saturated rings. The molecule has 0 aliphatic carbocycles. The van der Waals surface area contributed by atoms with E-state index in [0.717, 1.165) is 30.3 Å². The molecular weight excluding hydrogens is 342 g/mol. The van der Waals surface area contributed by atoms with Crippen LogP contribution in [-0.4, -0.2) is 41.3 Å². The maximum absolute atomic E-state index is 4.53. The third-order valence-corrected chi connectivity index (χ3v) is 5.18. The fraction of sp³-hybridized carbons (Fsp3) is 0.300. The minimum atomic E-state index is 0.700. The quantitative estimate of drug-likeness (QED) is 0.536. The zero-order valence-electron chi connectivity index (χ0n) is 15.5. The number of para-hydroxylation sites is 1. The van der Waals surface area contributed by atoms with Crippen LogP contribution in [0.1, 0.15) is 16.1 Å². The summed E-state index contributed by atoms with van der Waals surface area (Å²) in [5.74, 6) is 0.896. The molecule has 26 heavy (non-hydrogen) atoms. The monoisotopic (exact) mass is 367 g/mol. The molecule has 0 atom stereocenters. The van der Waals surface area contributed by atoms with E-state index in [9.17, 15) is 0 Å². The van der Waals surface area contributed by atoms with Crippen LogP contribution in [0.2, 0.25) is 0 Å². The highest BCUT2D eigenvalue weighted by atomic mass is 32.1. The van der Waals surface area contributed by atoms with Gasteiger partial charge in [0.05, 0.1) is 11.4 Å². The molecule has 0 radical (unpaired) electrons. The Kier molecular flexibility index (Phi) is 6.07. The number of hydrogen-bond acceptors (Lipinski definition) is 3. The predicted molar refractivity (Wildman–Crippen MR) is 109 cm³/mol. The summed E-state index contributed by atoms with van der Waals surface area (Å²) in [7, 11) is 3.90. The fourth-order valence-corrected chi connectivity index (χ4v) is 3.53. The molecule has 0 bridgehead atoms. The summed E-state index contributed by atoms with van der Waals surface area (Å²) in [6, 6.07) is 14.6. The van der Waals surface area contributed by atoms with Gasteiger partial charge in [-0.25, -0.2) is 4.68 Å². The van der Waals surface area contributed by atoms with Crippen molar-refractivity contribution in [3.05, 3.63) is 70.2 Å². The Morgan fingerprint density at radius 3 is 2.77 bits per heavy atom. The molecule has 0 amide bonds. The summed E-state index contributed by atoms with van der Waals surface area (Å²) in [5, 5.41) is 10.1. The van der Waals surface area contributed by atoms with Crippen molar-refractivity contribution in [3.63, 3.8) is 0 Å². The lowest BCUT2D eigenvalue weighted by molar-refractivity contribution is 0.486. The van der Waals surface area contributed by atoms with Gasteiger partial charge in [-0.2, -0.15) is 5.10 Å². The van der Waals surface area contributed by atoms with Gasteiger partial charge in [0.25, 0.3) is 0 Å². The SMILES string of the molecule is CN=C(NCc1ccccc1-n1ccc(C)n1)N(C)CCc1cccs1. The third-order valence-electron chi connectivity index (χ3n) is 4.24. The van der Waals surface area contributed by atoms with E-state index >= 15 is 0 Å². The van der Waals surface area contributed by atoms with Crippen LogP contribution in [0.15, 0.2) is 59.0 Å². The molecule has 0 unspecified atom stereocenters. The molecule has 1 N–H and O–H groups in total. The van der Waals surface area contributed by atoms with Crippen molar-refractivity contribution >= 4 is 17.3 Å². The van der Waals surface area contributed by atoms with Gasteiger partial charge in [-0.15, -0.1) is 11.3 Å². The van der Waals surface area contributed by atoms with Gasteiger partial charge in [-0.05, 0) is 42.5 Å². The second-order valence-electron chi connectivity index (χ2n) is 6.18. The number of guanidine groups is 1. The summed E-state index contributed by atoms with van der Waals surface area (Å²) in [6.07, 6.45) is 3.02. The van der Waals surface area contributed by atoms with Crippen LogP contribution in [0.3, 0.4) is 0 Å². The number of aryl methyl sites for hydroxylation is 1. The Hall–Kier alpha value is -2.60. The number of hydrogen-bond donors (Lipinski definition) is 1. The van der Waals surface area contributed by atoms with Gasteiger partial charge < -0.3 is 10.2 Å². The Labute approximate surface area is 159 Å². The molecule has 3 rings (SSSR count). The van der Waals surface area contributed by atoms with Crippen LogP contribution in [0.25, 0.3) is 5.69 Å². The molecular formula is C20H25N5S. The molecule has 0 aliphatic heterocycles. The summed E-state index contributed by atoms with van der Waals surface area (Å²) in [4.78, 5) is 7.98. The summed E-state index contributed by atoms with van der Waals surface area (Å²) in [5.41, 5.74) is 3.28. The lowest BCUT2D eigenvalue weighted by Crippen LogP contribution is -2.39. The van der Waals surface area contributed by atoms with E-state index in [0.29, 0.717) is 6.54 Å².